The molecule has 4 rings (SSSR count). The van der Waals surface area contributed by atoms with Gasteiger partial charge in [-0.05, 0) is 66.8 Å². The molecule has 7 nitrogen and oxygen atoms in total. The summed E-state index contributed by atoms with van der Waals surface area (Å²) >= 11 is 0. The number of nitrogens with zero attached hydrogens (tertiary/aromatic N) is 1. The van der Waals surface area contributed by atoms with Gasteiger partial charge in [-0.3, -0.25) is 14.4 Å². The third-order valence-electron chi connectivity index (χ3n) is 5.09. The average molecular weight is 379 g/mol. The van der Waals surface area contributed by atoms with E-state index in [-0.39, 0.29) is 5.91 Å². The van der Waals surface area contributed by atoms with Gasteiger partial charge >= 0.3 is 11.8 Å². The van der Waals surface area contributed by atoms with Crippen LogP contribution < -0.4 is 20.3 Å². The van der Waals surface area contributed by atoms with Gasteiger partial charge < -0.3 is 20.3 Å². The predicted molar refractivity (Wildman–Crippen MR) is 106 cm³/mol. The van der Waals surface area contributed by atoms with E-state index in [0.717, 1.165) is 36.2 Å². The molecule has 0 saturated carbocycles. The second-order valence-electron chi connectivity index (χ2n) is 6.93. The van der Waals surface area contributed by atoms with Crippen molar-refractivity contribution in [2.24, 2.45) is 0 Å². The first kappa shape index (κ1) is 18.0. The van der Waals surface area contributed by atoms with Gasteiger partial charge in [-0.1, -0.05) is 0 Å². The number of methoxy groups -OCH3 is 1. The molecule has 2 aliphatic heterocycles. The second-order valence-corrected chi connectivity index (χ2v) is 6.93. The van der Waals surface area contributed by atoms with Crippen LogP contribution in [-0.2, 0) is 27.2 Å². The Hall–Kier alpha value is -3.35. The van der Waals surface area contributed by atoms with Crippen LogP contribution >= 0.6 is 0 Å². The molecule has 0 aliphatic carbocycles. The van der Waals surface area contributed by atoms with Crippen molar-refractivity contribution < 1.29 is 19.1 Å². The van der Waals surface area contributed by atoms with Crippen LogP contribution in [0, 0.1) is 0 Å². The van der Waals surface area contributed by atoms with E-state index in [4.69, 9.17) is 4.74 Å². The average Bonchev–Trinajstić information content (AvgIpc) is 2.71. The number of rotatable bonds is 3. The maximum atomic E-state index is 12.3. The number of carbonyl (C=O) groups excluding carboxylic acids is 3. The number of ether oxygens (including phenoxy) is 1. The van der Waals surface area contributed by atoms with Gasteiger partial charge in [0.05, 0.1) is 12.8 Å². The zero-order valence-electron chi connectivity index (χ0n) is 15.6. The van der Waals surface area contributed by atoms with Crippen molar-refractivity contribution >= 4 is 34.8 Å². The summed E-state index contributed by atoms with van der Waals surface area (Å²) in [5, 5.41) is 5.25. The summed E-state index contributed by atoms with van der Waals surface area (Å²) in [5.41, 5.74) is 4.17. The lowest BCUT2D eigenvalue weighted by Crippen LogP contribution is -2.39. The van der Waals surface area contributed by atoms with Crippen molar-refractivity contribution in [1.29, 1.82) is 0 Å². The first-order valence-corrected chi connectivity index (χ1v) is 9.27. The number of hydrogen-bond acceptors (Lipinski definition) is 4. The summed E-state index contributed by atoms with van der Waals surface area (Å²) in [6.07, 6.45) is 2.88. The third kappa shape index (κ3) is 3.43. The van der Waals surface area contributed by atoms with E-state index in [1.54, 1.807) is 31.4 Å². The zero-order chi connectivity index (χ0) is 19.7. The zero-order valence-corrected chi connectivity index (χ0v) is 15.6. The summed E-state index contributed by atoms with van der Waals surface area (Å²) in [7, 11) is 1.56. The molecule has 0 aromatic heterocycles. The maximum Gasteiger partial charge on any atom is 0.314 e. The lowest BCUT2D eigenvalue weighted by molar-refractivity contribution is -0.132. The molecule has 0 radical (unpaired) electrons. The van der Waals surface area contributed by atoms with E-state index in [2.05, 4.69) is 10.6 Å². The minimum Gasteiger partial charge on any atom is -0.497 e. The molecule has 28 heavy (non-hydrogen) atoms. The van der Waals surface area contributed by atoms with E-state index in [9.17, 15) is 14.4 Å². The molecule has 2 aromatic carbocycles. The summed E-state index contributed by atoms with van der Waals surface area (Å²) in [6.45, 7) is 0.745. The topological polar surface area (TPSA) is 87.7 Å². The smallest absolute Gasteiger partial charge is 0.314 e. The molecule has 0 atom stereocenters. The van der Waals surface area contributed by atoms with Crippen LogP contribution in [0.25, 0.3) is 0 Å². The number of aryl methyl sites for hydroxylation is 2. The van der Waals surface area contributed by atoms with Gasteiger partial charge in [-0.2, -0.15) is 0 Å². The number of nitrogens with one attached hydrogen (secondary N) is 2. The number of amides is 3. The largest absolute Gasteiger partial charge is 0.497 e. The lowest BCUT2D eigenvalue weighted by atomic mass is 9.91. The normalized spacial score (nSPS) is 14.9. The van der Waals surface area contributed by atoms with E-state index >= 15 is 0 Å². The third-order valence-corrected chi connectivity index (χ3v) is 5.09. The van der Waals surface area contributed by atoms with Gasteiger partial charge in [0.15, 0.2) is 0 Å². The standard InChI is InChI=1S/C21H21N3O4/c1-28-17-7-5-15(6-8-17)22-20(26)21(27)23-16-11-13-3-2-10-24-18(25)9-4-14(12-16)19(13)24/h5-8,11-12H,2-4,9-10H2,1H3,(H,22,26)(H,23,27). The molecule has 0 saturated heterocycles. The summed E-state index contributed by atoms with van der Waals surface area (Å²) < 4.78 is 5.07. The van der Waals surface area contributed by atoms with Gasteiger partial charge in [0.2, 0.25) is 5.91 Å². The van der Waals surface area contributed by atoms with E-state index < -0.39 is 11.8 Å². The van der Waals surface area contributed by atoms with E-state index in [1.165, 1.54) is 0 Å². The van der Waals surface area contributed by atoms with Crippen LogP contribution in [-0.4, -0.2) is 31.4 Å². The Morgan fingerprint density at radius 2 is 1.57 bits per heavy atom. The molecular weight excluding hydrogens is 358 g/mol. The van der Waals surface area contributed by atoms with Gasteiger partial charge in [0.25, 0.3) is 0 Å². The Kier molecular flexibility index (Phi) is 4.73. The first-order chi connectivity index (χ1) is 13.5. The van der Waals surface area contributed by atoms with Crippen LogP contribution in [0.1, 0.15) is 24.0 Å². The minimum absolute atomic E-state index is 0.157. The first-order valence-electron chi connectivity index (χ1n) is 9.27. The van der Waals surface area contributed by atoms with Gasteiger partial charge in [0.1, 0.15) is 5.75 Å². The summed E-state index contributed by atoms with van der Waals surface area (Å²) in [6, 6.07) is 10.5. The quantitative estimate of drug-likeness (QED) is 0.802. The van der Waals surface area contributed by atoms with Crippen LogP contribution in [0.3, 0.4) is 0 Å². The fourth-order valence-corrected chi connectivity index (χ4v) is 3.78. The molecule has 2 N–H and O–H groups in total. The monoisotopic (exact) mass is 379 g/mol. The molecule has 0 bridgehead atoms. The molecule has 3 amide bonds. The lowest BCUT2D eigenvalue weighted by Gasteiger charge is -2.35. The summed E-state index contributed by atoms with van der Waals surface area (Å²) in [4.78, 5) is 38.5. The van der Waals surface area contributed by atoms with Crippen molar-refractivity contribution in [2.75, 3.05) is 29.2 Å². The van der Waals surface area contributed by atoms with Crippen molar-refractivity contribution in [3.63, 3.8) is 0 Å². The Morgan fingerprint density at radius 1 is 0.929 bits per heavy atom. The van der Waals surface area contributed by atoms with Crippen LogP contribution in [0.15, 0.2) is 36.4 Å². The highest BCUT2D eigenvalue weighted by atomic mass is 16.5. The molecule has 7 heteroatoms. The van der Waals surface area contributed by atoms with Gasteiger partial charge in [-0.25, -0.2) is 0 Å². The highest BCUT2D eigenvalue weighted by molar-refractivity contribution is 6.43. The number of carbonyl (C=O) groups is 3. The van der Waals surface area contributed by atoms with Crippen LogP contribution in [0.4, 0.5) is 17.1 Å². The molecule has 144 valence electrons. The molecule has 2 aromatic rings. The van der Waals surface area contributed by atoms with E-state index in [1.807, 2.05) is 17.0 Å². The second kappa shape index (κ2) is 7.34. The molecular formula is C21H21N3O4. The SMILES string of the molecule is COc1ccc(NC(=O)C(=O)Nc2cc3c4c(c2)CCC(=O)N4CCC3)cc1. The Balaban J connectivity index is 1.48. The molecule has 2 aliphatic rings. The predicted octanol–water partition coefficient (Wildman–Crippen LogP) is 2.50. The van der Waals surface area contributed by atoms with Gasteiger partial charge in [-0.15, -0.1) is 0 Å². The molecule has 2 heterocycles. The van der Waals surface area contributed by atoms with Crippen molar-refractivity contribution in [3.8, 4) is 5.75 Å². The highest BCUT2D eigenvalue weighted by Gasteiger charge is 2.30. The summed E-state index contributed by atoms with van der Waals surface area (Å²) in [5.74, 6) is -0.655. The van der Waals surface area contributed by atoms with Crippen LogP contribution in [0.5, 0.6) is 5.75 Å². The van der Waals surface area contributed by atoms with Gasteiger partial charge in [0, 0.05) is 24.3 Å². The highest BCUT2D eigenvalue weighted by Crippen LogP contribution is 2.37. The fourth-order valence-electron chi connectivity index (χ4n) is 3.78. The molecule has 0 unspecified atom stereocenters. The van der Waals surface area contributed by atoms with Crippen molar-refractivity contribution in [3.05, 3.63) is 47.5 Å². The maximum absolute atomic E-state index is 12.3. The minimum atomic E-state index is -0.742. The number of benzene rings is 2. The Labute approximate surface area is 162 Å². The number of anilines is 3. The number of hydrogen-bond donors (Lipinski definition) is 2. The fraction of sp³-hybridized carbons (Fsp3) is 0.286. The Bertz CT molecular complexity index is 936. The van der Waals surface area contributed by atoms with Crippen LogP contribution in [0.2, 0.25) is 0 Å². The van der Waals surface area contributed by atoms with Crippen molar-refractivity contribution in [2.45, 2.75) is 25.7 Å². The van der Waals surface area contributed by atoms with Crippen molar-refractivity contribution in [1.82, 2.24) is 0 Å². The van der Waals surface area contributed by atoms with E-state index in [0.29, 0.717) is 30.0 Å². The molecule has 0 spiro atoms. The Morgan fingerprint density at radius 3 is 2.25 bits per heavy atom. The molecule has 0 fully saturated rings.